The zero-order valence-electron chi connectivity index (χ0n) is 13.3. The molecule has 118 valence electrons. The first-order valence-corrected chi connectivity index (χ1v) is 8.50. The van der Waals surface area contributed by atoms with Gasteiger partial charge in [0, 0.05) is 20.4 Å². The number of phenols is 1. The molecule has 3 rings (SSSR count). The molecule has 0 fully saturated rings. The largest absolute Gasteiger partial charge is 0.508 e. The number of benzene rings is 2. The second kappa shape index (κ2) is 5.67. The number of fused-ring (bicyclic) bond motifs is 1. The number of carbonyl (C=O) groups excluding carboxylic acids is 1. The van der Waals surface area contributed by atoms with Gasteiger partial charge >= 0.3 is 0 Å². The molecule has 0 radical (unpaired) electrons. The van der Waals surface area contributed by atoms with Crippen molar-refractivity contribution < 1.29 is 9.90 Å². The number of hydrogen-bond acceptors (Lipinski definition) is 2. The topological polar surface area (TPSA) is 49.3 Å². The van der Waals surface area contributed by atoms with Gasteiger partial charge in [-0.15, -0.1) is 0 Å². The molecule has 0 unspecified atom stereocenters. The van der Waals surface area contributed by atoms with Crippen molar-refractivity contribution in [3.63, 3.8) is 0 Å². The summed E-state index contributed by atoms with van der Waals surface area (Å²) in [5.74, 6) is 0.192. The molecule has 3 nitrogen and oxygen atoms in total. The predicted octanol–water partition coefficient (Wildman–Crippen LogP) is 4.79. The quantitative estimate of drug-likeness (QED) is 0.516. The van der Waals surface area contributed by atoms with E-state index in [1.54, 1.807) is 6.07 Å². The second-order valence-corrected chi connectivity index (χ2v) is 7.97. The lowest BCUT2D eigenvalue weighted by Crippen LogP contribution is -2.11. The maximum absolute atomic E-state index is 12.3. The van der Waals surface area contributed by atoms with E-state index in [1.165, 1.54) is 0 Å². The average molecular weight is 419 g/mol. The lowest BCUT2D eigenvalue weighted by Gasteiger charge is -2.20. The van der Waals surface area contributed by atoms with Crippen LogP contribution in [0.25, 0.3) is 11.6 Å². The van der Waals surface area contributed by atoms with Crippen molar-refractivity contribution in [2.75, 3.05) is 5.32 Å². The highest BCUT2D eigenvalue weighted by Crippen LogP contribution is 2.36. The molecular formula is C19H18INO2. The number of rotatable bonds is 1. The third-order valence-electron chi connectivity index (χ3n) is 3.90. The van der Waals surface area contributed by atoms with Crippen LogP contribution in [0, 0.1) is 3.57 Å². The van der Waals surface area contributed by atoms with Gasteiger partial charge < -0.3 is 10.4 Å². The molecular weight excluding hydrogens is 401 g/mol. The van der Waals surface area contributed by atoms with E-state index in [2.05, 4.69) is 48.7 Å². The first kappa shape index (κ1) is 16.1. The fourth-order valence-electron chi connectivity index (χ4n) is 2.71. The molecule has 2 N–H and O–H groups in total. The number of halogens is 1. The smallest absolute Gasteiger partial charge is 0.256 e. The Hall–Kier alpha value is -1.82. The number of hydrogen-bond donors (Lipinski definition) is 2. The van der Waals surface area contributed by atoms with Crippen molar-refractivity contribution in [2.24, 2.45) is 0 Å². The van der Waals surface area contributed by atoms with Crippen molar-refractivity contribution in [2.45, 2.75) is 26.2 Å². The highest BCUT2D eigenvalue weighted by atomic mass is 127. The molecule has 0 aromatic heterocycles. The van der Waals surface area contributed by atoms with Gasteiger partial charge in [-0.25, -0.2) is 0 Å². The maximum atomic E-state index is 12.3. The lowest BCUT2D eigenvalue weighted by atomic mass is 9.85. The summed E-state index contributed by atoms with van der Waals surface area (Å²) in [6.07, 6.45) is 1.88. The van der Waals surface area contributed by atoms with Gasteiger partial charge in [0.25, 0.3) is 5.91 Å². The van der Waals surface area contributed by atoms with Crippen LogP contribution in [0.5, 0.6) is 5.75 Å². The van der Waals surface area contributed by atoms with E-state index in [-0.39, 0.29) is 17.1 Å². The van der Waals surface area contributed by atoms with Crippen molar-refractivity contribution in [3.8, 4) is 5.75 Å². The normalized spacial score (nSPS) is 15.7. The van der Waals surface area contributed by atoms with Gasteiger partial charge in [0.2, 0.25) is 0 Å². The van der Waals surface area contributed by atoms with Crippen LogP contribution in [0.4, 0.5) is 5.69 Å². The molecule has 1 aliphatic heterocycles. The molecule has 0 spiro atoms. The molecule has 1 aliphatic rings. The van der Waals surface area contributed by atoms with Gasteiger partial charge in [0.05, 0.1) is 0 Å². The summed E-state index contributed by atoms with van der Waals surface area (Å²) in [6, 6.07) is 11.4. The Balaban J connectivity index is 2.10. The van der Waals surface area contributed by atoms with E-state index < -0.39 is 0 Å². The van der Waals surface area contributed by atoms with Crippen LogP contribution in [0.15, 0.2) is 36.4 Å². The van der Waals surface area contributed by atoms with Crippen LogP contribution in [0.3, 0.4) is 0 Å². The van der Waals surface area contributed by atoms with E-state index in [1.807, 2.05) is 36.4 Å². The van der Waals surface area contributed by atoms with Crippen LogP contribution in [-0.2, 0) is 10.2 Å². The molecule has 0 bridgehead atoms. The van der Waals surface area contributed by atoms with Crippen LogP contribution in [0.2, 0.25) is 0 Å². The zero-order chi connectivity index (χ0) is 16.8. The van der Waals surface area contributed by atoms with E-state index in [9.17, 15) is 9.90 Å². The highest BCUT2D eigenvalue weighted by molar-refractivity contribution is 14.1. The van der Waals surface area contributed by atoms with Crippen molar-refractivity contribution in [1.82, 2.24) is 0 Å². The summed E-state index contributed by atoms with van der Waals surface area (Å²) < 4.78 is 1.09. The maximum Gasteiger partial charge on any atom is 0.256 e. The number of carbonyl (C=O) groups is 1. The number of phenolic OH excluding ortho intramolecular Hbond substituents is 1. The average Bonchev–Trinajstić information content (AvgIpc) is 2.76. The monoisotopic (exact) mass is 419 g/mol. The fourth-order valence-corrected chi connectivity index (χ4v) is 3.21. The Morgan fingerprint density at radius 3 is 2.57 bits per heavy atom. The van der Waals surface area contributed by atoms with Crippen molar-refractivity contribution in [1.29, 1.82) is 0 Å². The summed E-state index contributed by atoms with van der Waals surface area (Å²) in [7, 11) is 0. The van der Waals surface area contributed by atoms with E-state index >= 15 is 0 Å². The first-order chi connectivity index (χ1) is 10.8. The summed E-state index contributed by atoms with van der Waals surface area (Å²) in [5.41, 5.74) is 4.04. The summed E-state index contributed by atoms with van der Waals surface area (Å²) in [4.78, 5) is 12.3. The molecule has 0 aliphatic carbocycles. The Morgan fingerprint density at radius 1 is 1.13 bits per heavy atom. The molecule has 2 aromatic rings. The molecule has 2 aromatic carbocycles. The number of anilines is 1. The van der Waals surface area contributed by atoms with Gasteiger partial charge in [-0.2, -0.15) is 0 Å². The van der Waals surface area contributed by atoms with Gasteiger partial charge in [-0.3, -0.25) is 4.79 Å². The molecule has 0 saturated carbocycles. The van der Waals surface area contributed by atoms with E-state index in [0.717, 1.165) is 25.9 Å². The highest BCUT2D eigenvalue weighted by Gasteiger charge is 2.24. The summed E-state index contributed by atoms with van der Waals surface area (Å²) in [5, 5.41) is 13.0. The van der Waals surface area contributed by atoms with Crippen LogP contribution in [0.1, 0.15) is 37.5 Å². The molecule has 0 atom stereocenters. The third-order valence-corrected chi connectivity index (χ3v) is 4.58. The van der Waals surface area contributed by atoms with Gasteiger partial charge in [-0.1, -0.05) is 26.8 Å². The van der Waals surface area contributed by atoms with E-state index in [0.29, 0.717) is 5.57 Å². The van der Waals surface area contributed by atoms with Crippen molar-refractivity contribution in [3.05, 3.63) is 56.7 Å². The summed E-state index contributed by atoms with van der Waals surface area (Å²) >= 11 is 2.24. The molecule has 23 heavy (non-hydrogen) atoms. The SMILES string of the molecule is CC(C)(C)c1cc(C=C2C(=O)Nc3ccc(I)cc32)ccc1O. The Kier molecular flexibility index (Phi) is 3.96. The number of nitrogens with one attached hydrogen (secondary N) is 1. The van der Waals surface area contributed by atoms with Crippen LogP contribution >= 0.6 is 22.6 Å². The zero-order valence-corrected chi connectivity index (χ0v) is 15.4. The van der Waals surface area contributed by atoms with Gasteiger partial charge in [0.15, 0.2) is 0 Å². The number of aromatic hydroxyl groups is 1. The third kappa shape index (κ3) is 3.13. The number of amides is 1. The van der Waals surface area contributed by atoms with Gasteiger partial charge in [-0.05, 0) is 75.5 Å². The van der Waals surface area contributed by atoms with Crippen LogP contribution in [-0.4, -0.2) is 11.0 Å². The standard InChI is InChI=1S/C19H18INO2/c1-19(2,3)15-9-11(4-7-17(15)22)8-14-13-10-12(20)5-6-16(13)21-18(14)23/h4-10,22H,1-3H3,(H,21,23). The van der Waals surface area contributed by atoms with Crippen LogP contribution < -0.4 is 5.32 Å². The second-order valence-electron chi connectivity index (χ2n) is 6.73. The fraction of sp³-hybridized carbons (Fsp3) is 0.211. The predicted molar refractivity (Wildman–Crippen MR) is 102 cm³/mol. The molecule has 0 saturated heterocycles. The minimum Gasteiger partial charge on any atom is -0.508 e. The first-order valence-electron chi connectivity index (χ1n) is 7.42. The Bertz CT molecular complexity index is 832. The van der Waals surface area contributed by atoms with Gasteiger partial charge in [0.1, 0.15) is 5.75 Å². The molecule has 4 heteroatoms. The van der Waals surface area contributed by atoms with E-state index in [4.69, 9.17) is 0 Å². The molecule has 1 heterocycles. The Labute approximate surface area is 149 Å². The minimum absolute atomic E-state index is 0.0904. The minimum atomic E-state index is -0.163. The molecule has 1 amide bonds. The lowest BCUT2D eigenvalue weighted by molar-refractivity contribution is -0.110. The summed E-state index contributed by atoms with van der Waals surface area (Å²) in [6.45, 7) is 6.16. The Morgan fingerprint density at radius 2 is 1.87 bits per heavy atom. The van der Waals surface area contributed by atoms with Crippen molar-refractivity contribution >= 4 is 45.8 Å².